The molecule has 0 fully saturated rings. The van der Waals surface area contributed by atoms with Crippen LogP contribution in [-0.4, -0.2) is 20.7 Å². The number of hydrogen-bond acceptors (Lipinski definition) is 3. The lowest BCUT2D eigenvalue weighted by Gasteiger charge is -1.91. The van der Waals surface area contributed by atoms with Gasteiger partial charge in [0.1, 0.15) is 0 Å². The van der Waals surface area contributed by atoms with Gasteiger partial charge in [-0.2, -0.15) is 0 Å². The third-order valence-electron chi connectivity index (χ3n) is 0.629. The first kappa shape index (κ1) is 8.65. The molecule has 9 heavy (non-hydrogen) atoms. The van der Waals surface area contributed by atoms with E-state index in [1.165, 1.54) is 6.08 Å². The largest absolute Gasteiger partial charge is 0.325 e. The summed E-state index contributed by atoms with van der Waals surface area (Å²) in [6, 6.07) is -0.195. The van der Waals surface area contributed by atoms with Crippen LogP contribution in [0, 0.1) is 0 Å². The molecule has 0 amide bonds. The first-order chi connectivity index (χ1) is 3.92. The molecule has 0 saturated carbocycles. The van der Waals surface area contributed by atoms with Crippen molar-refractivity contribution in [2.75, 3.05) is 6.26 Å². The summed E-state index contributed by atoms with van der Waals surface area (Å²) in [7, 11) is -2.98. The van der Waals surface area contributed by atoms with Crippen LogP contribution in [0.1, 0.15) is 6.92 Å². The monoisotopic (exact) mass is 149 g/mol. The molecule has 0 bridgehead atoms. The molecule has 0 saturated heterocycles. The Morgan fingerprint density at radius 2 is 2.00 bits per heavy atom. The van der Waals surface area contributed by atoms with Gasteiger partial charge in [0.25, 0.3) is 0 Å². The number of nitrogens with two attached hydrogens (primary N) is 1. The number of rotatable bonds is 2. The van der Waals surface area contributed by atoms with E-state index < -0.39 is 9.84 Å². The second kappa shape index (κ2) is 2.98. The predicted molar refractivity (Wildman–Crippen MR) is 37.6 cm³/mol. The molecule has 0 rings (SSSR count). The second-order valence-electron chi connectivity index (χ2n) is 2.02. The van der Waals surface area contributed by atoms with Gasteiger partial charge < -0.3 is 5.73 Å². The summed E-state index contributed by atoms with van der Waals surface area (Å²) in [5.74, 6) is 0. The van der Waals surface area contributed by atoms with Crippen molar-refractivity contribution in [1.82, 2.24) is 0 Å². The maximum absolute atomic E-state index is 10.4. The van der Waals surface area contributed by atoms with Crippen LogP contribution in [-0.2, 0) is 9.84 Å². The zero-order valence-electron chi connectivity index (χ0n) is 5.53. The Bertz CT molecular complexity index is 191. The van der Waals surface area contributed by atoms with Gasteiger partial charge in [0.15, 0.2) is 9.84 Å². The average Bonchev–Trinajstić information content (AvgIpc) is 1.59. The second-order valence-corrected chi connectivity index (χ2v) is 3.95. The Morgan fingerprint density at radius 1 is 1.56 bits per heavy atom. The van der Waals surface area contributed by atoms with Crippen molar-refractivity contribution in [3.63, 3.8) is 0 Å². The molecule has 0 aromatic heterocycles. The molecule has 2 N–H and O–H groups in total. The van der Waals surface area contributed by atoms with Gasteiger partial charge in [-0.25, -0.2) is 8.42 Å². The van der Waals surface area contributed by atoms with Crippen LogP contribution >= 0.6 is 0 Å². The van der Waals surface area contributed by atoms with Crippen molar-refractivity contribution >= 4 is 9.84 Å². The average molecular weight is 149 g/mol. The fraction of sp³-hybridized carbons (Fsp3) is 0.600. The van der Waals surface area contributed by atoms with Gasteiger partial charge in [0, 0.05) is 17.7 Å². The highest BCUT2D eigenvalue weighted by Gasteiger charge is 1.92. The summed E-state index contributed by atoms with van der Waals surface area (Å²) in [4.78, 5) is 0. The van der Waals surface area contributed by atoms with E-state index in [0.29, 0.717) is 0 Å². The van der Waals surface area contributed by atoms with Crippen molar-refractivity contribution in [1.29, 1.82) is 0 Å². The Morgan fingerprint density at radius 3 is 2.11 bits per heavy atom. The third-order valence-corrected chi connectivity index (χ3v) is 1.28. The van der Waals surface area contributed by atoms with Crippen molar-refractivity contribution < 1.29 is 8.42 Å². The van der Waals surface area contributed by atoms with Crippen molar-refractivity contribution in [3.8, 4) is 0 Å². The summed E-state index contributed by atoms with van der Waals surface area (Å²) < 4.78 is 20.8. The van der Waals surface area contributed by atoms with E-state index in [2.05, 4.69) is 0 Å². The molecule has 0 aliphatic carbocycles. The van der Waals surface area contributed by atoms with Crippen LogP contribution in [0.2, 0.25) is 0 Å². The Labute approximate surface area is 55.5 Å². The third kappa shape index (κ3) is 7.65. The van der Waals surface area contributed by atoms with Gasteiger partial charge >= 0.3 is 0 Å². The van der Waals surface area contributed by atoms with Gasteiger partial charge in [0.2, 0.25) is 0 Å². The lowest BCUT2D eigenvalue weighted by molar-refractivity contribution is 0.610. The summed E-state index contributed by atoms with van der Waals surface area (Å²) in [5.41, 5.74) is 5.25. The van der Waals surface area contributed by atoms with E-state index in [4.69, 9.17) is 5.73 Å². The maximum Gasteiger partial charge on any atom is 0.168 e. The predicted octanol–water partition coefficient (Wildman–Crippen LogP) is -0.108. The van der Waals surface area contributed by atoms with Crippen LogP contribution in [0.5, 0.6) is 0 Å². The lowest BCUT2D eigenvalue weighted by Crippen LogP contribution is -2.10. The first-order valence-electron chi connectivity index (χ1n) is 2.55. The molecule has 1 atom stereocenters. The van der Waals surface area contributed by atoms with Crippen LogP contribution < -0.4 is 5.73 Å². The Balaban J connectivity index is 4.03. The highest BCUT2D eigenvalue weighted by atomic mass is 32.2. The van der Waals surface area contributed by atoms with Crippen LogP contribution in [0.25, 0.3) is 0 Å². The molecule has 0 unspecified atom stereocenters. The minimum atomic E-state index is -2.98. The fourth-order valence-corrected chi connectivity index (χ4v) is 0.800. The summed E-state index contributed by atoms with van der Waals surface area (Å²) in [6.45, 7) is 1.71. The molecule has 0 aliphatic heterocycles. The SMILES string of the molecule is C[C@H](N)/C=C\S(C)(=O)=O. The molecule has 4 heteroatoms. The molecule has 3 nitrogen and oxygen atoms in total. The van der Waals surface area contributed by atoms with Gasteiger partial charge in [-0.15, -0.1) is 0 Å². The van der Waals surface area contributed by atoms with Crippen molar-refractivity contribution in [3.05, 3.63) is 11.5 Å². The van der Waals surface area contributed by atoms with Gasteiger partial charge in [-0.1, -0.05) is 6.08 Å². The highest BCUT2D eigenvalue weighted by Crippen LogP contribution is 1.86. The standard InChI is InChI=1S/C5H11NO2S/c1-5(6)3-4-9(2,7)8/h3-5H,6H2,1-2H3/b4-3-/t5-/m0/s1. The highest BCUT2D eigenvalue weighted by molar-refractivity contribution is 7.93. The van der Waals surface area contributed by atoms with Crippen LogP contribution in [0.4, 0.5) is 0 Å². The van der Waals surface area contributed by atoms with Crippen LogP contribution in [0.15, 0.2) is 11.5 Å². The molecule has 54 valence electrons. The smallest absolute Gasteiger partial charge is 0.168 e. The Kier molecular flexibility index (Phi) is 2.87. The normalized spacial score (nSPS) is 16.3. The van der Waals surface area contributed by atoms with E-state index in [9.17, 15) is 8.42 Å². The molecular formula is C5H11NO2S. The van der Waals surface area contributed by atoms with E-state index in [0.717, 1.165) is 11.7 Å². The number of hydrogen-bond donors (Lipinski definition) is 1. The summed E-state index contributed by atoms with van der Waals surface area (Å²) in [6.07, 6.45) is 2.57. The fourth-order valence-electron chi connectivity index (χ4n) is 0.267. The topological polar surface area (TPSA) is 60.2 Å². The molecule has 0 heterocycles. The molecule has 0 radical (unpaired) electrons. The maximum atomic E-state index is 10.4. The van der Waals surface area contributed by atoms with Crippen molar-refractivity contribution in [2.24, 2.45) is 5.73 Å². The van der Waals surface area contributed by atoms with E-state index in [1.807, 2.05) is 0 Å². The zero-order chi connectivity index (χ0) is 7.49. The Hall–Kier alpha value is -0.350. The summed E-state index contributed by atoms with van der Waals surface area (Å²) in [5, 5.41) is 1.11. The molecular weight excluding hydrogens is 138 g/mol. The van der Waals surface area contributed by atoms with Gasteiger partial charge in [-0.05, 0) is 6.92 Å². The first-order valence-corrected chi connectivity index (χ1v) is 4.51. The molecule has 0 aromatic rings. The van der Waals surface area contributed by atoms with Crippen LogP contribution in [0.3, 0.4) is 0 Å². The minimum absolute atomic E-state index is 0.195. The summed E-state index contributed by atoms with van der Waals surface area (Å²) >= 11 is 0. The van der Waals surface area contributed by atoms with E-state index in [-0.39, 0.29) is 6.04 Å². The van der Waals surface area contributed by atoms with E-state index >= 15 is 0 Å². The van der Waals surface area contributed by atoms with Gasteiger partial charge in [0.05, 0.1) is 0 Å². The lowest BCUT2D eigenvalue weighted by atomic mass is 10.4. The molecule has 0 aromatic carbocycles. The number of sulfone groups is 1. The van der Waals surface area contributed by atoms with E-state index in [1.54, 1.807) is 6.92 Å². The zero-order valence-corrected chi connectivity index (χ0v) is 6.35. The molecule has 0 aliphatic rings. The molecule has 0 spiro atoms. The van der Waals surface area contributed by atoms with Gasteiger partial charge in [-0.3, -0.25) is 0 Å². The quantitative estimate of drug-likeness (QED) is 0.596. The van der Waals surface area contributed by atoms with Crippen molar-refractivity contribution in [2.45, 2.75) is 13.0 Å². The minimum Gasteiger partial charge on any atom is -0.325 e.